The van der Waals surface area contributed by atoms with Crippen molar-refractivity contribution in [3.63, 3.8) is 0 Å². The maximum absolute atomic E-state index is 4.47. The van der Waals surface area contributed by atoms with E-state index in [1.54, 1.807) is 6.20 Å². The van der Waals surface area contributed by atoms with Crippen molar-refractivity contribution < 1.29 is 0 Å². The van der Waals surface area contributed by atoms with Crippen molar-refractivity contribution in [2.24, 2.45) is 0 Å². The minimum Gasteiger partial charge on any atom is -0.370 e. The van der Waals surface area contributed by atoms with Crippen LogP contribution in [-0.4, -0.2) is 16.5 Å². The van der Waals surface area contributed by atoms with E-state index in [0.29, 0.717) is 0 Å². The van der Waals surface area contributed by atoms with Gasteiger partial charge in [0.15, 0.2) is 5.82 Å². The standard InChI is InChI=1S/C13H14BrN3/c1-2-8-15-12-7-9-16-13(17-12)10-3-5-11(14)6-4-10/h3-7,9H,2,8H2,1H3,(H,15,16,17). The molecular weight excluding hydrogens is 278 g/mol. The fourth-order valence-electron chi connectivity index (χ4n) is 1.45. The van der Waals surface area contributed by atoms with Crippen LogP contribution in [0.1, 0.15) is 13.3 Å². The largest absolute Gasteiger partial charge is 0.370 e. The highest BCUT2D eigenvalue weighted by Crippen LogP contribution is 2.19. The zero-order valence-corrected chi connectivity index (χ0v) is 11.2. The summed E-state index contributed by atoms with van der Waals surface area (Å²) in [5, 5.41) is 3.26. The molecule has 0 saturated heterocycles. The summed E-state index contributed by atoms with van der Waals surface area (Å²) in [6.07, 6.45) is 2.86. The molecule has 1 aromatic heterocycles. The van der Waals surface area contributed by atoms with Crippen LogP contribution >= 0.6 is 15.9 Å². The molecule has 0 unspecified atom stereocenters. The fourth-order valence-corrected chi connectivity index (χ4v) is 1.71. The Balaban J connectivity index is 2.23. The van der Waals surface area contributed by atoms with Gasteiger partial charge >= 0.3 is 0 Å². The van der Waals surface area contributed by atoms with Gasteiger partial charge in [-0.1, -0.05) is 35.0 Å². The molecule has 0 aliphatic heterocycles. The lowest BCUT2D eigenvalue weighted by atomic mass is 10.2. The Morgan fingerprint density at radius 2 is 1.94 bits per heavy atom. The third kappa shape index (κ3) is 3.27. The molecule has 2 rings (SSSR count). The molecule has 1 aromatic carbocycles. The van der Waals surface area contributed by atoms with E-state index in [1.807, 2.05) is 30.3 Å². The van der Waals surface area contributed by atoms with Gasteiger partial charge in [-0.2, -0.15) is 0 Å². The molecule has 0 fully saturated rings. The SMILES string of the molecule is CCCNc1ccnc(-c2ccc(Br)cc2)n1. The molecule has 0 aliphatic rings. The molecule has 0 atom stereocenters. The number of aromatic nitrogens is 2. The summed E-state index contributed by atoms with van der Waals surface area (Å²) in [7, 11) is 0. The summed E-state index contributed by atoms with van der Waals surface area (Å²) in [5.74, 6) is 1.62. The summed E-state index contributed by atoms with van der Waals surface area (Å²) in [4.78, 5) is 8.75. The van der Waals surface area contributed by atoms with Gasteiger partial charge in [0, 0.05) is 22.8 Å². The molecule has 0 saturated carbocycles. The Kier molecular flexibility index (Phi) is 4.09. The van der Waals surface area contributed by atoms with Gasteiger partial charge in [-0.3, -0.25) is 0 Å². The molecule has 1 heterocycles. The number of nitrogens with zero attached hydrogens (tertiary/aromatic N) is 2. The number of nitrogens with one attached hydrogen (secondary N) is 1. The van der Waals surface area contributed by atoms with E-state index in [2.05, 4.69) is 38.1 Å². The zero-order valence-electron chi connectivity index (χ0n) is 9.65. The lowest BCUT2D eigenvalue weighted by molar-refractivity contribution is 0.966. The normalized spacial score (nSPS) is 10.2. The Labute approximate surface area is 109 Å². The predicted molar refractivity (Wildman–Crippen MR) is 73.9 cm³/mol. The van der Waals surface area contributed by atoms with Crippen molar-refractivity contribution in [3.05, 3.63) is 41.0 Å². The van der Waals surface area contributed by atoms with E-state index >= 15 is 0 Å². The smallest absolute Gasteiger partial charge is 0.161 e. The number of hydrogen-bond acceptors (Lipinski definition) is 3. The molecule has 1 N–H and O–H groups in total. The summed E-state index contributed by atoms with van der Waals surface area (Å²) in [6, 6.07) is 9.87. The Morgan fingerprint density at radius 3 is 2.65 bits per heavy atom. The van der Waals surface area contributed by atoms with Crippen molar-refractivity contribution in [1.29, 1.82) is 0 Å². The number of halogens is 1. The van der Waals surface area contributed by atoms with Gasteiger partial charge < -0.3 is 5.32 Å². The van der Waals surface area contributed by atoms with Crippen LogP contribution in [-0.2, 0) is 0 Å². The summed E-state index contributed by atoms with van der Waals surface area (Å²) < 4.78 is 1.06. The van der Waals surface area contributed by atoms with Crippen molar-refractivity contribution >= 4 is 21.7 Å². The summed E-state index contributed by atoms with van der Waals surface area (Å²) in [6.45, 7) is 3.06. The molecule has 0 spiro atoms. The molecule has 17 heavy (non-hydrogen) atoms. The van der Waals surface area contributed by atoms with Gasteiger partial charge in [0.25, 0.3) is 0 Å². The average molecular weight is 292 g/mol. The van der Waals surface area contributed by atoms with Gasteiger partial charge in [-0.15, -0.1) is 0 Å². The van der Waals surface area contributed by atoms with E-state index in [1.165, 1.54) is 0 Å². The van der Waals surface area contributed by atoms with Crippen LogP contribution in [0.2, 0.25) is 0 Å². The monoisotopic (exact) mass is 291 g/mol. The quantitative estimate of drug-likeness (QED) is 0.933. The highest BCUT2D eigenvalue weighted by molar-refractivity contribution is 9.10. The minimum absolute atomic E-state index is 0.749. The fraction of sp³-hybridized carbons (Fsp3) is 0.231. The first-order valence-corrected chi connectivity index (χ1v) is 6.42. The Morgan fingerprint density at radius 1 is 1.18 bits per heavy atom. The molecule has 0 amide bonds. The highest BCUT2D eigenvalue weighted by Gasteiger charge is 2.01. The van der Waals surface area contributed by atoms with Gasteiger partial charge in [0.1, 0.15) is 5.82 Å². The van der Waals surface area contributed by atoms with Crippen LogP contribution in [0, 0.1) is 0 Å². The average Bonchev–Trinajstić information content (AvgIpc) is 2.37. The van der Waals surface area contributed by atoms with Crippen LogP contribution in [0.5, 0.6) is 0 Å². The number of hydrogen-bond donors (Lipinski definition) is 1. The summed E-state index contributed by atoms with van der Waals surface area (Å²) in [5.41, 5.74) is 1.02. The summed E-state index contributed by atoms with van der Waals surface area (Å²) >= 11 is 3.41. The topological polar surface area (TPSA) is 37.8 Å². The third-order valence-electron chi connectivity index (χ3n) is 2.31. The first-order valence-electron chi connectivity index (χ1n) is 5.62. The number of rotatable bonds is 4. The molecule has 0 radical (unpaired) electrons. The molecule has 3 nitrogen and oxygen atoms in total. The number of benzene rings is 1. The maximum atomic E-state index is 4.47. The molecule has 0 bridgehead atoms. The van der Waals surface area contributed by atoms with Gasteiger partial charge in [-0.25, -0.2) is 9.97 Å². The second kappa shape index (κ2) is 5.77. The molecule has 88 valence electrons. The lowest BCUT2D eigenvalue weighted by Gasteiger charge is -2.05. The van der Waals surface area contributed by atoms with Gasteiger partial charge in [-0.05, 0) is 24.6 Å². The van der Waals surface area contributed by atoms with Crippen molar-refractivity contribution in [2.75, 3.05) is 11.9 Å². The minimum atomic E-state index is 0.749. The van der Waals surface area contributed by atoms with Gasteiger partial charge in [0.05, 0.1) is 0 Å². The van der Waals surface area contributed by atoms with E-state index in [4.69, 9.17) is 0 Å². The zero-order chi connectivity index (χ0) is 12.1. The van der Waals surface area contributed by atoms with Crippen LogP contribution in [0.25, 0.3) is 11.4 Å². The van der Waals surface area contributed by atoms with E-state index < -0.39 is 0 Å². The highest BCUT2D eigenvalue weighted by atomic mass is 79.9. The first kappa shape index (κ1) is 12.0. The predicted octanol–water partition coefficient (Wildman–Crippen LogP) is 3.73. The second-order valence-electron chi connectivity index (χ2n) is 3.70. The Bertz CT molecular complexity index is 482. The molecule has 4 heteroatoms. The molecule has 0 aliphatic carbocycles. The molecular formula is C13H14BrN3. The first-order chi connectivity index (χ1) is 8.29. The van der Waals surface area contributed by atoms with Crippen LogP contribution in [0.15, 0.2) is 41.0 Å². The van der Waals surface area contributed by atoms with Crippen LogP contribution in [0.3, 0.4) is 0 Å². The van der Waals surface area contributed by atoms with Gasteiger partial charge in [0.2, 0.25) is 0 Å². The van der Waals surface area contributed by atoms with Crippen LogP contribution < -0.4 is 5.32 Å². The molecule has 2 aromatic rings. The van der Waals surface area contributed by atoms with Crippen molar-refractivity contribution in [2.45, 2.75) is 13.3 Å². The lowest BCUT2D eigenvalue weighted by Crippen LogP contribution is -2.02. The maximum Gasteiger partial charge on any atom is 0.161 e. The van der Waals surface area contributed by atoms with E-state index in [0.717, 1.165) is 34.6 Å². The van der Waals surface area contributed by atoms with E-state index in [9.17, 15) is 0 Å². The van der Waals surface area contributed by atoms with Crippen molar-refractivity contribution in [1.82, 2.24) is 9.97 Å². The van der Waals surface area contributed by atoms with Crippen LogP contribution in [0.4, 0.5) is 5.82 Å². The Hall–Kier alpha value is -1.42. The van der Waals surface area contributed by atoms with Crippen molar-refractivity contribution in [3.8, 4) is 11.4 Å². The number of anilines is 1. The third-order valence-corrected chi connectivity index (χ3v) is 2.84. The van der Waals surface area contributed by atoms with E-state index in [-0.39, 0.29) is 0 Å². The second-order valence-corrected chi connectivity index (χ2v) is 4.61.